The van der Waals surface area contributed by atoms with Crippen LogP contribution in [0.4, 0.5) is 0 Å². The van der Waals surface area contributed by atoms with Crippen molar-refractivity contribution in [2.75, 3.05) is 20.7 Å². The molecule has 1 aromatic rings. The first-order chi connectivity index (χ1) is 11.5. The Hall–Kier alpha value is -1.79. The van der Waals surface area contributed by atoms with Crippen molar-refractivity contribution in [1.29, 1.82) is 0 Å². The summed E-state index contributed by atoms with van der Waals surface area (Å²) < 4.78 is 6.24. The van der Waals surface area contributed by atoms with Gasteiger partial charge in [0.15, 0.2) is 17.6 Å². The molecule has 2 aliphatic heterocycles. The molecule has 4 atom stereocenters. The van der Waals surface area contributed by atoms with E-state index >= 15 is 0 Å². The minimum Gasteiger partial charge on any atom is -0.504 e. The van der Waals surface area contributed by atoms with Crippen LogP contribution in [0.3, 0.4) is 0 Å². The largest absolute Gasteiger partial charge is 0.504 e. The highest BCUT2D eigenvalue weighted by molar-refractivity contribution is 5.94. The molecule has 1 saturated carbocycles. The van der Waals surface area contributed by atoms with E-state index in [0.29, 0.717) is 18.6 Å². The molecule has 6 nitrogen and oxygen atoms in total. The second-order valence-electron chi connectivity index (χ2n) is 7.56. The van der Waals surface area contributed by atoms with Gasteiger partial charge in [-0.1, -0.05) is 11.2 Å². The Kier molecular flexibility index (Phi) is 2.69. The average Bonchev–Trinajstić information content (AvgIpc) is 2.91. The molecule has 1 saturated heterocycles. The average molecular weight is 330 g/mol. The Bertz CT molecular complexity index is 764. The number of likely N-dealkylation sites (N-methyl/N-ethyl adjacent to an activating group) is 1. The molecule has 2 fully saturated rings. The minimum atomic E-state index is -0.872. The molecule has 4 aliphatic rings. The number of hydrogen-bond donors (Lipinski definition) is 2. The fourth-order valence-corrected chi connectivity index (χ4v) is 5.76. The number of phenolic OH excluding ortho intramolecular Hbond substituents is 1. The number of likely N-dealkylation sites (tertiary alicyclic amines) is 1. The normalized spacial score (nSPS) is 41.0. The van der Waals surface area contributed by atoms with Crippen molar-refractivity contribution in [3.05, 3.63) is 23.3 Å². The number of rotatable bonds is 1. The Balaban J connectivity index is 1.83. The lowest BCUT2D eigenvalue weighted by atomic mass is 9.49. The van der Waals surface area contributed by atoms with Gasteiger partial charge in [0.1, 0.15) is 7.11 Å². The zero-order valence-electron chi connectivity index (χ0n) is 14.0. The van der Waals surface area contributed by atoms with Crippen LogP contribution in [0, 0.1) is 0 Å². The van der Waals surface area contributed by atoms with Crippen LogP contribution >= 0.6 is 0 Å². The lowest BCUT2D eigenvalue weighted by Crippen LogP contribution is -2.76. The summed E-state index contributed by atoms with van der Waals surface area (Å²) in [5.74, 6) is 0.679. The van der Waals surface area contributed by atoms with E-state index in [1.807, 2.05) is 6.07 Å². The maximum Gasteiger partial charge on any atom is 0.166 e. The van der Waals surface area contributed by atoms with Crippen LogP contribution in [0.2, 0.25) is 0 Å². The molecule has 5 rings (SSSR count). The highest BCUT2D eigenvalue weighted by Crippen LogP contribution is 2.64. The fraction of sp³-hybridized carbons (Fsp3) is 0.611. The smallest absolute Gasteiger partial charge is 0.166 e. The molecule has 2 N–H and O–H groups in total. The first kappa shape index (κ1) is 14.5. The summed E-state index contributed by atoms with van der Waals surface area (Å²) in [4.78, 5) is 7.32. The SMILES string of the molecule is CON=C1CCC2(O)[C@H]3Cc4ccc(O)c5c4[C@@]2(CCN3C)[C@H]1O5. The molecule has 2 aliphatic carbocycles. The second-order valence-corrected chi connectivity index (χ2v) is 7.56. The van der Waals surface area contributed by atoms with Crippen molar-refractivity contribution >= 4 is 5.71 Å². The number of aromatic hydroxyl groups is 1. The van der Waals surface area contributed by atoms with Crippen LogP contribution < -0.4 is 4.74 Å². The third-order valence-corrected chi connectivity index (χ3v) is 6.75. The molecule has 0 aromatic heterocycles. The molecule has 1 spiro atoms. The summed E-state index contributed by atoms with van der Waals surface area (Å²) >= 11 is 0. The summed E-state index contributed by atoms with van der Waals surface area (Å²) in [6.07, 6.45) is 2.48. The molecule has 128 valence electrons. The first-order valence-corrected chi connectivity index (χ1v) is 8.57. The molecular formula is C18H22N2O4. The molecule has 2 heterocycles. The number of ether oxygens (including phenoxy) is 1. The van der Waals surface area contributed by atoms with E-state index in [2.05, 4.69) is 17.1 Å². The van der Waals surface area contributed by atoms with Crippen LogP contribution in [0.15, 0.2) is 17.3 Å². The first-order valence-electron chi connectivity index (χ1n) is 8.57. The molecule has 1 aromatic carbocycles. The number of phenols is 1. The van der Waals surface area contributed by atoms with E-state index in [0.717, 1.165) is 30.7 Å². The molecule has 2 bridgehead atoms. The molecule has 1 unspecified atom stereocenters. The summed E-state index contributed by atoms with van der Waals surface area (Å²) in [5, 5.41) is 26.4. The van der Waals surface area contributed by atoms with Gasteiger partial charge in [0.25, 0.3) is 0 Å². The maximum atomic E-state index is 11.9. The van der Waals surface area contributed by atoms with Crippen LogP contribution in [0.5, 0.6) is 11.5 Å². The van der Waals surface area contributed by atoms with Crippen molar-refractivity contribution in [2.45, 2.75) is 48.8 Å². The van der Waals surface area contributed by atoms with Crippen molar-refractivity contribution in [3.8, 4) is 11.5 Å². The minimum absolute atomic E-state index is 0.0597. The highest BCUT2D eigenvalue weighted by Gasteiger charge is 2.72. The second kappa shape index (κ2) is 4.43. The predicted octanol–water partition coefficient (Wildman–Crippen LogP) is 1.18. The van der Waals surface area contributed by atoms with Gasteiger partial charge in [-0.05, 0) is 50.9 Å². The highest BCUT2D eigenvalue weighted by atomic mass is 16.6. The lowest BCUT2D eigenvalue weighted by Gasteiger charge is -2.62. The molecule has 24 heavy (non-hydrogen) atoms. The molecule has 6 heteroatoms. The van der Waals surface area contributed by atoms with Crippen LogP contribution in [0.25, 0.3) is 0 Å². The van der Waals surface area contributed by atoms with Crippen molar-refractivity contribution in [3.63, 3.8) is 0 Å². The van der Waals surface area contributed by atoms with Crippen LogP contribution in [-0.2, 0) is 16.7 Å². The Morgan fingerprint density at radius 3 is 3.00 bits per heavy atom. The Morgan fingerprint density at radius 1 is 1.38 bits per heavy atom. The maximum absolute atomic E-state index is 11.9. The van der Waals surface area contributed by atoms with Gasteiger partial charge in [-0.15, -0.1) is 0 Å². The number of hydrogen-bond acceptors (Lipinski definition) is 6. The number of nitrogens with zero attached hydrogens (tertiary/aromatic N) is 2. The van der Waals surface area contributed by atoms with Crippen molar-refractivity contribution in [1.82, 2.24) is 4.90 Å². The van der Waals surface area contributed by atoms with Crippen molar-refractivity contribution in [2.24, 2.45) is 5.16 Å². The van der Waals surface area contributed by atoms with E-state index in [4.69, 9.17) is 9.57 Å². The Labute approximate surface area is 140 Å². The Morgan fingerprint density at radius 2 is 2.21 bits per heavy atom. The van der Waals surface area contributed by atoms with Crippen LogP contribution in [0.1, 0.15) is 30.4 Å². The van der Waals surface area contributed by atoms with Gasteiger partial charge in [-0.3, -0.25) is 0 Å². The van der Waals surface area contributed by atoms with Gasteiger partial charge < -0.3 is 24.7 Å². The van der Waals surface area contributed by atoms with E-state index in [-0.39, 0.29) is 17.9 Å². The number of aliphatic hydroxyl groups is 1. The van der Waals surface area contributed by atoms with Gasteiger partial charge in [-0.2, -0.15) is 0 Å². The summed E-state index contributed by atoms with van der Waals surface area (Å²) in [7, 11) is 3.63. The van der Waals surface area contributed by atoms with Crippen LogP contribution in [-0.4, -0.2) is 59.3 Å². The third-order valence-electron chi connectivity index (χ3n) is 6.75. The number of benzene rings is 1. The summed E-state index contributed by atoms with van der Waals surface area (Å²) in [5.41, 5.74) is 1.59. The predicted molar refractivity (Wildman–Crippen MR) is 87.6 cm³/mol. The van der Waals surface area contributed by atoms with Gasteiger partial charge in [0.2, 0.25) is 0 Å². The van der Waals surface area contributed by atoms with Gasteiger partial charge in [-0.25, -0.2) is 0 Å². The lowest BCUT2D eigenvalue weighted by molar-refractivity contribution is -0.161. The molecule has 0 amide bonds. The monoisotopic (exact) mass is 330 g/mol. The van der Waals surface area contributed by atoms with E-state index in [1.165, 1.54) is 12.7 Å². The fourth-order valence-electron chi connectivity index (χ4n) is 5.76. The zero-order chi connectivity index (χ0) is 16.7. The zero-order valence-corrected chi connectivity index (χ0v) is 14.0. The van der Waals surface area contributed by atoms with E-state index in [1.54, 1.807) is 6.07 Å². The number of oxime groups is 1. The summed E-state index contributed by atoms with van der Waals surface area (Å²) in [6, 6.07) is 3.74. The number of piperidine rings is 1. The molecular weight excluding hydrogens is 308 g/mol. The summed E-state index contributed by atoms with van der Waals surface area (Å²) in [6.45, 7) is 0.891. The standard InChI is InChI=1S/C18H22N2O4/c1-20-8-7-17-14-10-3-4-12(21)15(14)24-16(17)11(19-23-2)5-6-18(17,22)13(20)9-10/h3-4,13,16,21-22H,5-9H2,1-2H3/t13-,16+,17+,18?/m1/s1. The quantitative estimate of drug-likeness (QED) is 0.757. The van der Waals surface area contributed by atoms with E-state index < -0.39 is 11.0 Å². The van der Waals surface area contributed by atoms with Gasteiger partial charge in [0.05, 0.1) is 16.7 Å². The topological polar surface area (TPSA) is 74.5 Å². The molecule has 0 radical (unpaired) electrons. The van der Waals surface area contributed by atoms with Crippen molar-refractivity contribution < 1.29 is 19.8 Å². The van der Waals surface area contributed by atoms with Gasteiger partial charge >= 0.3 is 0 Å². The van der Waals surface area contributed by atoms with Gasteiger partial charge in [0, 0.05) is 11.6 Å². The van der Waals surface area contributed by atoms with E-state index in [9.17, 15) is 10.2 Å². The third kappa shape index (κ3) is 1.39.